The summed E-state index contributed by atoms with van der Waals surface area (Å²) in [6.07, 6.45) is 4.66. The van der Waals surface area contributed by atoms with Crippen molar-refractivity contribution in [3.05, 3.63) is 42.2 Å². The number of nitrogens with zero attached hydrogens (tertiary/aromatic N) is 3. The van der Waals surface area contributed by atoms with Crippen LogP contribution in [0.15, 0.2) is 41.6 Å². The van der Waals surface area contributed by atoms with Crippen LogP contribution in [0.25, 0.3) is 0 Å². The molecule has 1 aromatic carbocycles. The lowest BCUT2D eigenvalue weighted by molar-refractivity contribution is -0.0152. The molecule has 202 valence electrons. The van der Waals surface area contributed by atoms with Gasteiger partial charge in [0.15, 0.2) is 0 Å². The first kappa shape index (κ1) is 27.2. The van der Waals surface area contributed by atoms with E-state index in [1.165, 1.54) is 38.7 Å². The van der Waals surface area contributed by atoms with Crippen molar-refractivity contribution in [1.29, 1.82) is 0 Å². The molecular weight excluding hydrogens is 502 g/mol. The molecular formula is C24H33N5O7S. The smallest absolute Gasteiger partial charge is 0.341 e. The van der Waals surface area contributed by atoms with Crippen LogP contribution in [0.3, 0.4) is 0 Å². The number of nitrogens with one attached hydrogen (secondary N) is 2. The zero-order chi connectivity index (χ0) is 26.5. The van der Waals surface area contributed by atoms with Gasteiger partial charge in [0, 0.05) is 44.1 Å². The number of sulfonamides is 1. The highest BCUT2D eigenvalue weighted by atomic mass is 32.2. The number of aliphatic hydroxyl groups excluding tert-OH is 1. The Labute approximate surface area is 216 Å². The molecule has 2 saturated heterocycles. The van der Waals surface area contributed by atoms with Gasteiger partial charge < -0.3 is 29.5 Å². The summed E-state index contributed by atoms with van der Waals surface area (Å²) in [5.74, 6) is 0.481. The van der Waals surface area contributed by atoms with E-state index in [1.807, 2.05) is 0 Å². The van der Waals surface area contributed by atoms with E-state index in [2.05, 4.69) is 29.6 Å². The maximum absolute atomic E-state index is 11.9. The fourth-order valence-electron chi connectivity index (χ4n) is 4.55. The Bertz CT molecular complexity index is 1170. The molecule has 4 rings (SSSR count). The molecule has 2 atom stereocenters. The predicted molar refractivity (Wildman–Crippen MR) is 134 cm³/mol. The molecule has 3 heterocycles. The fraction of sp³-hybridized carbons (Fsp3) is 0.542. The van der Waals surface area contributed by atoms with Gasteiger partial charge in [-0.3, -0.25) is 0 Å². The van der Waals surface area contributed by atoms with Gasteiger partial charge >= 0.3 is 5.97 Å². The van der Waals surface area contributed by atoms with Crippen LogP contribution in [0.1, 0.15) is 29.6 Å². The molecule has 2 aliphatic rings. The van der Waals surface area contributed by atoms with Crippen LogP contribution in [0.5, 0.6) is 5.75 Å². The number of aromatic nitrogens is 2. The van der Waals surface area contributed by atoms with Gasteiger partial charge in [0.1, 0.15) is 18.5 Å². The van der Waals surface area contributed by atoms with Crippen molar-refractivity contribution in [3.63, 3.8) is 0 Å². The predicted octanol–water partition coefficient (Wildman–Crippen LogP) is 0.329. The van der Waals surface area contributed by atoms with E-state index in [-0.39, 0.29) is 23.1 Å². The summed E-state index contributed by atoms with van der Waals surface area (Å²) in [5.41, 5.74) is 0.0940. The maximum Gasteiger partial charge on any atom is 0.341 e. The highest BCUT2D eigenvalue weighted by molar-refractivity contribution is 7.89. The van der Waals surface area contributed by atoms with E-state index in [0.29, 0.717) is 30.4 Å². The van der Waals surface area contributed by atoms with Crippen LogP contribution < -0.4 is 19.7 Å². The molecule has 0 amide bonds. The van der Waals surface area contributed by atoms with Crippen molar-refractivity contribution in [2.45, 2.75) is 41.9 Å². The van der Waals surface area contributed by atoms with Crippen molar-refractivity contribution in [2.75, 3.05) is 51.9 Å². The normalized spacial score (nSPS) is 20.1. The van der Waals surface area contributed by atoms with Crippen molar-refractivity contribution in [1.82, 2.24) is 20.0 Å². The Hall–Kier alpha value is -2.84. The van der Waals surface area contributed by atoms with E-state index in [0.717, 1.165) is 32.4 Å². The zero-order valence-corrected chi connectivity index (χ0v) is 21.7. The van der Waals surface area contributed by atoms with Gasteiger partial charge in [0.2, 0.25) is 16.0 Å². The third-order valence-electron chi connectivity index (χ3n) is 6.70. The number of carbonyl (C=O) groups excluding carboxylic acids is 1. The fourth-order valence-corrected chi connectivity index (χ4v) is 5.31. The lowest BCUT2D eigenvalue weighted by atomic mass is 9.87. The zero-order valence-electron chi connectivity index (χ0n) is 20.9. The van der Waals surface area contributed by atoms with Crippen LogP contribution in [0.2, 0.25) is 0 Å². The second-order valence-corrected chi connectivity index (χ2v) is 11.1. The number of aliphatic hydroxyl groups is 1. The standard InChI is InChI=1S/C24H33N5O7S/c1-25-37(32,33)21-5-3-4-20(10-21)35-16-19(30)14-26-18-11-24(36-15-18)6-8-29(9-7-24)23-27-12-17(13-28-23)22(31)34-2/h3-5,10,12-13,18-19,25-26,30H,6-9,11,14-16H2,1-2H3/t18-,19?/m1/s1. The van der Waals surface area contributed by atoms with Gasteiger partial charge in [-0.15, -0.1) is 0 Å². The SMILES string of the molecule is CNS(=O)(=O)c1cccc(OCC(O)CN[C@H]2COC3(CCN(c4ncc(C(=O)OC)cn4)CC3)C2)c1. The number of anilines is 1. The second kappa shape index (κ2) is 11.7. The second-order valence-electron chi connectivity index (χ2n) is 9.20. The molecule has 1 unspecified atom stereocenters. The van der Waals surface area contributed by atoms with Crippen LogP contribution in [0, 0.1) is 0 Å². The van der Waals surface area contributed by atoms with Crippen molar-refractivity contribution in [2.24, 2.45) is 0 Å². The summed E-state index contributed by atoms with van der Waals surface area (Å²) in [6, 6.07) is 6.25. The highest BCUT2D eigenvalue weighted by Gasteiger charge is 2.43. The Kier molecular flexibility index (Phi) is 8.60. The Morgan fingerprint density at radius 2 is 2.03 bits per heavy atom. The topological polar surface area (TPSA) is 152 Å². The lowest BCUT2D eigenvalue weighted by Crippen LogP contribution is -2.45. The van der Waals surface area contributed by atoms with Crippen molar-refractivity contribution in [3.8, 4) is 5.75 Å². The number of hydrogen-bond acceptors (Lipinski definition) is 11. The van der Waals surface area contributed by atoms with E-state index in [9.17, 15) is 18.3 Å². The van der Waals surface area contributed by atoms with Crippen LogP contribution >= 0.6 is 0 Å². The minimum Gasteiger partial charge on any atom is -0.491 e. The van der Waals surface area contributed by atoms with E-state index >= 15 is 0 Å². The molecule has 2 aliphatic heterocycles. The number of esters is 1. The summed E-state index contributed by atoms with van der Waals surface area (Å²) in [5, 5.41) is 13.7. The molecule has 1 aromatic heterocycles. The van der Waals surface area contributed by atoms with Gasteiger partial charge in [-0.05, 0) is 38.4 Å². The quantitative estimate of drug-likeness (QED) is 0.361. The summed E-state index contributed by atoms with van der Waals surface area (Å²) in [7, 11) is -0.899. The Balaban J connectivity index is 1.20. The molecule has 0 bridgehead atoms. The molecule has 37 heavy (non-hydrogen) atoms. The summed E-state index contributed by atoms with van der Waals surface area (Å²) in [4.78, 5) is 22.3. The van der Waals surface area contributed by atoms with Gasteiger partial charge in [-0.25, -0.2) is 27.9 Å². The monoisotopic (exact) mass is 535 g/mol. The van der Waals surface area contributed by atoms with Crippen LogP contribution in [-0.2, 0) is 19.5 Å². The van der Waals surface area contributed by atoms with Gasteiger partial charge in [-0.2, -0.15) is 0 Å². The Morgan fingerprint density at radius 3 is 2.70 bits per heavy atom. The molecule has 3 N–H and O–H groups in total. The van der Waals surface area contributed by atoms with E-state index in [1.54, 1.807) is 12.1 Å². The first-order chi connectivity index (χ1) is 17.7. The molecule has 2 aromatic rings. The van der Waals surface area contributed by atoms with Gasteiger partial charge in [0.25, 0.3) is 0 Å². The number of methoxy groups -OCH3 is 1. The molecule has 0 aliphatic carbocycles. The average Bonchev–Trinajstić information content (AvgIpc) is 3.33. The van der Waals surface area contributed by atoms with E-state index < -0.39 is 22.1 Å². The summed E-state index contributed by atoms with van der Waals surface area (Å²) >= 11 is 0. The maximum atomic E-state index is 11.9. The lowest BCUT2D eigenvalue weighted by Gasteiger charge is -2.38. The van der Waals surface area contributed by atoms with Gasteiger partial charge in [-0.1, -0.05) is 6.07 Å². The van der Waals surface area contributed by atoms with Crippen LogP contribution in [-0.4, -0.2) is 94.2 Å². The largest absolute Gasteiger partial charge is 0.491 e. The van der Waals surface area contributed by atoms with Gasteiger partial charge in [0.05, 0.1) is 29.8 Å². The molecule has 0 radical (unpaired) electrons. The minimum atomic E-state index is -3.57. The third-order valence-corrected chi connectivity index (χ3v) is 8.11. The number of rotatable bonds is 10. The van der Waals surface area contributed by atoms with E-state index in [4.69, 9.17) is 9.47 Å². The molecule has 12 nitrogen and oxygen atoms in total. The average molecular weight is 536 g/mol. The minimum absolute atomic E-state index is 0.0263. The molecule has 0 saturated carbocycles. The number of hydrogen-bond donors (Lipinski definition) is 3. The number of benzene rings is 1. The summed E-state index contributed by atoms with van der Waals surface area (Å²) in [6.45, 7) is 2.39. The number of piperidine rings is 1. The summed E-state index contributed by atoms with van der Waals surface area (Å²) < 4.78 is 42.6. The number of carbonyl (C=O) groups is 1. The first-order valence-corrected chi connectivity index (χ1v) is 13.6. The third kappa shape index (κ3) is 6.73. The Morgan fingerprint density at radius 1 is 1.30 bits per heavy atom. The molecule has 1 spiro atoms. The number of ether oxygens (including phenoxy) is 3. The highest BCUT2D eigenvalue weighted by Crippen LogP contribution is 2.36. The molecule has 2 fully saturated rings. The molecule has 13 heteroatoms. The van der Waals surface area contributed by atoms with Crippen molar-refractivity contribution >= 4 is 21.9 Å². The first-order valence-electron chi connectivity index (χ1n) is 12.1. The van der Waals surface area contributed by atoms with Crippen LogP contribution in [0.4, 0.5) is 5.95 Å². The van der Waals surface area contributed by atoms with Crippen molar-refractivity contribution < 1.29 is 32.5 Å².